The summed E-state index contributed by atoms with van der Waals surface area (Å²) in [5.41, 5.74) is 1.03. The van der Waals surface area contributed by atoms with Crippen molar-refractivity contribution in [2.24, 2.45) is 5.92 Å². The van der Waals surface area contributed by atoms with Gasteiger partial charge >= 0.3 is 0 Å². The van der Waals surface area contributed by atoms with Crippen LogP contribution in [0.2, 0.25) is 0 Å². The van der Waals surface area contributed by atoms with Crippen LogP contribution >= 0.6 is 0 Å². The molecular weight excluding hydrogens is 260 g/mol. The van der Waals surface area contributed by atoms with Gasteiger partial charge in [-0.1, -0.05) is 33.6 Å². The first-order valence-electron chi connectivity index (χ1n) is 8.50. The van der Waals surface area contributed by atoms with Gasteiger partial charge in [-0.25, -0.2) is 0 Å². The van der Waals surface area contributed by atoms with Crippen molar-refractivity contribution in [3.05, 3.63) is 17.8 Å². The molecule has 1 fully saturated rings. The summed E-state index contributed by atoms with van der Waals surface area (Å²) in [5.74, 6) is 1.72. The average molecular weight is 290 g/mol. The van der Waals surface area contributed by atoms with Gasteiger partial charge in [-0.15, -0.1) is 5.10 Å². The van der Waals surface area contributed by atoms with Crippen molar-refractivity contribution >= 4 is 5.82 Å². The second-order valence-electron chi connectivity index (χ2n) is 6.51. The van der Waals surface area contributed by atoms with Crippen molar-refractivity contribution < 1.29 is 0 Å². The predicted molar refractivity (Wildman–Crippen MR) is 88.5 cm³/mol. The molecule has 1 aromatic heterocycles. The van der Waals surface area contributed by atoms with Gasteiger partial charge in [-0.2, -0.15) is 5.10 Å². The summed E-state index contributed by atoms with van der Waals surface area (Å²) in [7, 11) is 0. The van der Waals surface area contributed by atoms with Crippen molar-refractivity contribution in [3.8, 4) is 0 Å². The lowest BCUT2D eigenvalue weighted by Crippen LogP contribution is -2.35. The molecule has 0 radical (unpaired) electrons. The number of aromatic nitrogens is 2. The third kappa shape index (κ3) is 4.95. The minimum atomic E-state index is 0.631. The van der Waals surface area contributed by atoms with Crippen LogP contribution in [-0.4, -0.2) is 29.3 Å². The number of nitrogens with one attached hydrogen (secondary N) is 1. The first-order valence-corrected chi connectivity index (χ1v) is 8.50. The lowest BCUT2D eigenvalue weighted by Gasteiger charge is -2.29. The molecular formula is C17H30N4. The second kappa shape index (κ2) is 8.32. The number of rotatable bonds is 6. The largest absolute Gasteiger partial charge is 0.352 e. The van der Waals surface area contributed by atoms with Crippen molar-refractivity contribution in [3.63, 3.8) is 0 Å². The van der Waals surface area contributed by atoms with Gasteiger partial charge in [-0.3, -0.25) is 0 Å². The summed E-state index contributed by atoms with van der Waals surface area (Å²) in [6.45, 7) is 9.66. The molecule has 0 saturated carbocycles. The van der Waals surface area contributed by atoms with Crippen LogP contribution in [0, 0.1) is 5.92 Å². The molecule has 2 heterocycles. The van der Waals surface area contributed by atoms with Crippen molar-refractivity contribution in [2.75, 3.05) is 18.0 Å². The normalized spacial score (nSPS) is 19.8. The van der Waals surface area contributed by atoms with E-state index in [0.717, 1.165) is 31.1 Å². The zero-order valence-electron chi connectivity index (χ0n) is 13.8. The highest BCUT2D eigenvalue weighted by molar-refractivity contribution is 5.39. The summed E-state index contributed by atoms with van der Waals surface area (Å²) in [6.07, 6.45) is 6.45. The van der Waals surface area contributed by atoms with E-state index >= 15 is 0 Å². The van der Waals surface area contributed by atoms with Crippen LogP contribution in [0.15, 0.2) is 12.1 Å². The smallest absolute Gasteiger partial charge is 0.151 e. The standard InChI is InChI=1S/C17H30N4/c1-4-16-8-6-5-7-11-21(16)17-10-9-15(19-20-17)13-18-12-14(2)3/h9-10,14,16,18H,4-8,11-13H2,1-3H3. The maximum atomic E-state index is 4.48. The van der Waals surface area contributed by atoms with Gasteiger partial charge in [0.1, 0.15) is 0 Å². The molecule has 4 heteroatoms. The van der Waals surface area contributed by atoms with E-state index < -0.39 is 0 Å². The third-order valence-corrected chi connectivity index (χ3v) is 4.21. The van der Waals surface area contributed by atoms with Gasteiger partial charge in [0, 0.05) is 19.1 Å². The van der Waals surface area contributed by atoms with E-state index in [1.165, 1.54) is 32.1 Å². The third-order valence-electron chi connectivity index (χ3n) is 4.21. The van der Waals surface area contributed by atoms with Crippen LogP contribution in [0.4, 0.5) is 5.82 Å². The van der Waals surface area contributed by atoms with Gasteiger partial charge in [0.15, 0.2) is 5.82 Å². The second-order valence-corrected chi connectivity index (χ2v) is 6.51. The fourth-order valence-electron chi connectivity index (χ4n) is 2.99. The maximum Gasteiger partial charge on any atom is 0.151 e. The molecule has 0 aliphatic carbocycles. The fourth-order valence-corrected chi connectivity index (χ4v) is 2.99. The van der Waals surface area contributed by atoms with E-state index in [2.05, 4.69) is 53.3 Å². The Balaban J connectivity index is 1.96. The molecule has 118 valence electrons. The van der Waals surface area contributed by atoms with E-state index in [4.69, 9.17) is 0 Å². The Morgan fingerprint density at radius 1 is 1.24 bits per heavy atom. The Bertz CT molecular complexity index is 402. The summed E-state index contributed by atoms with van der Waals surface area (Å²) in [4.78, 5) is 2.46. The summed E-state index contributed by atoms with van der Waals surface area (Å²) in [6, 6.07) is 4.90. The van der Waals surface area contributed by atoms with Crippen LogP contribution in [0.1, 0.15) is 58.6 Å². The number of hydrogen-bond donors (Lipinski definition) is 1. The van der Waals surface area contributed by atoms with Crippen molar-refractivity contribution in [1.29, 1.82) is 0 Å². The average Bonchev–Trinajstić information content (AvgIpc) is 2.73. The van der Waals surface area contributed by atoms with E-state index in [9.17, 15) is 0 Å². The Morgan fingerprint density at radius 3 is 2.76 bits per heavy atom. The molecule has 1 N–H and O–H groups in total. The SMILES string of the molecule is CCC1CCCCCN1c1ccc(CNCC(C)C)nn1. The van der Waals surface area contributed by atoms with Gasteiger partial charge in [-0.05, 0) is 43.9 Å². The molecule has 0 aromatic carbocycles. The van der Waals surface area contributed by atoms with Gasteiger partial charge in [0.05, 0.1) is 5.69 Å². The number of nitrogens with zero attached hydrogens (tertiary/aromatic N) is 3. The predicted octanol–water partition coefficient (Wildman–Crippen LogP) is 3.38. The fraction of sp³-hybridized carbons (Fsp3) is 0.765. The topological polar surface area (TPSA) is 41.0 Å². The number of hydrogen-bond acceptors (Lipinski definition) is 4. The van der Waals surface area contributed by atoms with Crippen molar-refractivity contribution in [1.82, 2.24) is 15.5 Å². The van der Waals surface area contributed by atoms with Gasteiger partial charge in [0.25, 0.3) is 0 Å². The minimum absolute atomic E-state index is 0.631. The molecule has 1 unspecified atom stereocenters. The molecule has 1 atom stereocenters. The highest BCUT2D eigenvalue weighted by atomic mass is 15.3. The van der Waals surface area contributed by atoms with Gasteiger partial charge < -0.3 is 10.2 Å². The minimum Gasteiger partial charge on any atom is -0.352 e. The molecule has 0 amide bonds. The van der Waals surface area contributed by atoms with Crippen LogP contribution < -0.4 is 10.2 Å². The van der Waals surface area contributed by atoms with E-state index in [1.807, 2.05) is 0 Å². The molecule has 1 saturated heterocycles. The quantitative estimate of drug-likeness (QED) is 0.872. The molecule has 1 aromatic rings. The Morgan fingerprint density at radius 2 is 2.10 bits per heavy atom. The number of anilines is 1. The van der Waals surface area contributed by atoms with Crippen LogP contribution in [0.3, 0.4) is 0 Å². The highest BCUT2D eigenvalue weighted by Gasteiger charge is 2.20. The summed E-state index contributed by atoms with van der Waals surface area (Å²) in [5, 5.41) is 12.3. The molecule has 2 rings (SSSR count). The zero-order chi connectivity index (χ0) is 15.1. The molecule has 1 aliphatic heterocycles. The highest BCUT2D eigenvalue weighted by Crippen LogP contribution is 2.23. The summed E-state index contributed by atoms with van der Waals surface area (Å²) >= 11 is 0. The van der Waals surface area contributed by atoms with E-state index in [0.29, 0.717) is 12.0 Å². The molecule has 4 nitrogen and oxygen atoms in total. The molecule has 21 heavy (non-hydrogen) atoms. The zero-order valence-corrected chi connectivity index (χ0v) is 13.8. The van der Waals surface area contributed by atoms with Crippen LogP contribution in [0.25, 0.3) is 0 Å². The first kappa shape index (κ1) is 16.2. The van der Waals surface area contributed by atoms with Crippen molar-refractivity contribution in [2.45, 2.75) is 65.5 Å². The van der Waals surface area contributed by atoms with Crippen LogP contribution in [-0.2, 0) is 6.54 Å². The molecule has 0 spiro atoms. The summed E-state index contributed by atoms with van der Waals surface area (Å²) < 4.78 is 0. The molecule has 0 bridgehead atoms. The Labute approximate surface area is 129 Å². The van der Waals surface area contributed by atoms with Gasteiger partial charge in [0.2, 0.25) is 0 Å². The maximum absolute atomic E-state index is 4.48. The lowest BCUT2D eigenvalue weighted by atomic mass is 10.1. The van der Waals surface area contributed by atoms with E-state index in [-0.39, 0.29) is 0 Å². The Hall–Kier alpha value is -1.16. The van der Waals surface area contributed by atoms with Crippen LogP contribution in [0.5, 0.6) is 0 Å². The van der Waals surface area contributed by atoms with E-state index in [1.54, 1.807) is 0 Å². The monoisotopic (exact) mass is 290 g/mol. The first-order chi connectivity index (χ1) is 10.2. The molecule has 1 aliphatic rings. The lowest BCUT2D eigenvalue weighted by molar-refractivity contribution is 0.540. The Kier molecular flexibility index (Phi) is 6.43.